The molecule has 0 atom stereocenters. The third-order valence-corrected chi connectivity index (χ3v) is 7.32. The summed E-state index contributed by atoms with van der Waals surface area (Å²) in [6.45, 7) is 4.81. The molecule has 0 aliphatic rings. The molecule has 8 heteroatoms. The van der Waals surface area contributed by atoms with E-state index < -0.39 is 10.0 Å². The lowest BCUT2D eigenvalue weighted by Gasteiger charge is -2.11. The van der Waals surface area contributed by atoms with Crippen LogP contribution in [0.1, 0.15) is 16.7 Å². The van der Waals surface area contributed by atoms with Gasteiger partial charge in [0.2, 0.25) is 10.0 Å². The normalized spacial score (nSPS) is 12.3. The SMILES string of the molecule is Cc1ccc(-c2csc(=Nc3ccc(F)cc3)n2CCc2ccc(S(N)(=O)=O)cc2)cc1C. The predicted octanol–water partition coefficient (Wildman–Crippen LogP) is 5.10. The predicted molar refractivity (Wildman–Crippen MR) is 130 cm³/mol. The van der Waals surface area contributed by atoms with Crippen LogP contribution in [0, 0.1) is 19.7 Å². The van der Waals surface area contributed by atoms with Gasteiger partial charge >= 0.3 is 0 Å². The highest BCUT2D eigenvalue weighted by Gasteiger charge is 2.11. The molecule has 0 aliphatic carbocycles. The first kappa shape index (κ1) is 23.1. The second kappa shape index (κ2) is 9.43. The van der Waals surface area contributed by atoms with Crippen molar-refractivity contribution < 1.29 is 12.8 Å². The topological polar surface area (TPSA) is 77.5 Å². The standard InChI is InChI=1S/C25H24FN3O2S2/c1-17-3-6-20(15-18(17)2)24-16-32-25(28-22-9-7-21(26)8-10-22)29(24)14-13-19-4-11-23(12-5-19)33(27,30)31/h3-12,15-16H,13-14H2,1-2H3,(H2,27,30,31). The molecular formula is C25H24FN3O2S2. The minimum absolute atomic E-state index is 0.0947. The molecule has 33 heavy (non-hydrogen) atoms. The van der Waals surface area contributed by atoms with Gasteiger partial charge in [-0.3, -0.25) is 0 Å². The number of primary sulfonamides is 1. The lowest BCUT2D eigenvalue weighted by atomic mass is 10.0. The van der Waals surface area contributed by atoms with Gasteiger partial charge in [-0.15, -0.1) is 11.3 Å². The summed E-state index contributed by atoms with van der Waals surface area (Å²) in [5.41, 5.74) is 6.24. The van der Waals surface area contributed by atoms with E-state index in [9.17, 15) is 12.8 Å². The van der Waals surface area contributed by atoms with Crippen LogP contribution in [0.15, 0.2) is 82.0 Å². The molecule has 5 nitrogen and oxygen atoms in total. The molecule has 2 N–H and O–H groups in total. The molecule has 0 aliphatic heterocycles. The van der Waals surface area contributed by atoms with Crippen molar-refractivity contribution in [2.75, 3.05) is 0 Å². The molecule has 0 saturated carbocycles. The second-order valence-corrected chi connectivity index (χ2v) is 10.3. The summed E-state index contributed by atoms with van der Waals surface area (Å²) in [5, 5.41) is 7.28. The molecule has 4 aromatic rings. The van der Waals surface area contributed by atoms with Crippen LogP contribution in [0.5, 0.6) is 0 Å². The Bertz CT molecular complexity index is 1450. The molecule has 170 valence electrons. The van der Waals surface area contributed by atoms with Crippen molar-refractivity contribution in [3.63, 3.8) is 0 Å². The van der Waals surface area contributed by atoms with Crippen molar-refractivity contribution in [3.8, 4) is 11.3 Å². The highest BCUT2D eigenvalue weighted by atomic mass is 32.2. The summed E-state index contributed by atoms with van der Waals surface area (Å²) >= 11 is 1.53. The molecule has 0 spiro atoms. The van der Waals surface area contributed by atoms with Crippen molar-refractivity contribution in [1.29, 1.82) is 0 Å². The number of aromatic nitrogens is 1. The van der Waals surface area contributed by atoms with Crippen LogP contribution in [-0.2, 0) is 23.0 Å². The fourth-order valence-corrected chi connectivity index (χ4v) is 4.95. The molecule has 1 aromatic heterocycles. The maximum Gasteiger partial charge on any atom is 0.238 e. The largest absolute Gasteiger partial charge is 0.316 e. The number of nitrogens with zero attached hydrogens (tertiary/aromatic N) is 2. The van der Waals surface area contributed by atoms with Gasteiger partial charge in [0, 0.05) is 11.9 Å². The van der Waals surface area contributed by atoms with E-state index >= 15 is 0 Å². The fraction of sp³-hybridized carbons (Fsp3) is 0.160. The molecule has 0 radical (unpaired) electrons. The molecule has 0 fully saturated rings. The Kier molecular flexibility index (Phi) is 6.60. The van der Waals surface area contributed by atoms with Gasteiger partial charge in [-0.05, 0) is 85.0 Å². The average Bonchev–Trinajstić information content (AvgIpc) is 3.18. The van der Waals surface area contributed by atoms with Gasteiger partial charge in [-0.1, -0.05) is 24.3 Å². The van der Waals surface area contributed by atoms with E-state index in [-0.39, 0.29) is 10.7 Å². The third-order valence-electron chi connectivity index (χ3n) is 5.53. The van der Waals surface area contributed by atoms with Crippen LogP contribution >= 0.6 is 11.3 Å². The van der Waals surface area contributed by atoms with Crippen LogP contribution in [0.4, 0.5) is 10.1 Å². The number of halogens is 1. The van der Waals surface area contributed by atoms with Crippen molar-refractivity contribution in [2.45, 2.75) is 31.7 Å². The quantitative estimate of drug-likeness (QED) is 0.416. The van der Waals surface area contributed by atoms with Crippen molar-refractivity contribution >= 4 is 27.0 Å². The molecular weight excluding hydrogens is 457 g/mol. The van der Waals surface area contributed by atoms with E-state index in [0.29, 0.717) is 18.7 Å². The van der Waals surface area contributed by atoms with E-state index in [2.05, 4.69) is 42.0 Å². The molecule has 0 amide bonds. The average molecular weight is 482 g/mol. The molecule has 0 saturated heterocycles. The second-order valence-electron chi connectivity index (χ2n) is 7.88. The van der Waals surface area contributed by atoms with Gasteiger partial charge in [-0.25, -0.2) is 22.9 Å². The molecule has 4 rings (SSSR count). The minimum Gasteiger partial charge on any atom is -0.316 e. The summed E-state index contributed by atoms with van der Waals surface area (Å²) < 4.78 is 38.5. The summed E-state index contributed by atoms with van der Waals surface area (Å²) in [4.78, 5) is 5.64. The van der Waals surface area contributed by atoms with Gasteiger partial charge in [-0.2, -0.15) is 0 Å². The first-order chi connectivity index (χ1) is 15.7. The summed E-state index contributed by atoms with van der Waals surface area (Å²) in [5.74, 6) is -0.299. The Labute approximate surface area is 196 Å². The maximum atomic E-state index is 13.3. The number of aryl methyl sites for hydroxylation is 3. The lowest BCUT2D eigenvalue weighted by molar-refractivity contribution is 0.597. The van der Waals surface area contributed by atoms with E-state index in [0.717, 1.165) is 21.6 Å². The summed E-state index contributed by atoms with van der Waals surface area (Å²) in [6, 6.07) is 19.1. The van der Waals surface area contributed by atoms with Gasteiger partial charge in [0.05, 0.1) is 16.3 Å². The zero-order valence-corrected chi connectivity index (χ0v) is 20.0. The number of rotatable bonds is 6. The maximum absolute atomic E-state index is 13.3. The molecule has 3 aromatic carbocycles. The number of hydrogen-bond donors (Lipinski definition) is 1. The first-order valence-electron chi connectivity index (χ1n) is 10.4. The highest BCUT2D eigenvalue weighted by molar-refractivity contribution is 7.89. The highest BCUT2D eigenvalue weighted by Crippen LogP contribution is 2.24. The van der Waals surface area contributed by atoms with Crippen LogP contribution < -0.4 is 9.94 Å². The van der Waals surface area contributed by atoms with Gasteiger partial charge in [0.1, 0.15) is 5.82 Å². The zero-order valence-electron chi connectivity index (χ0n) is 18.3. The minimum atomic E-state index is -3.72. The third kappa shape index (κ3) is 5.47. The molecule has 0 unspecified atom stereocenters. The van der Waals surface area contributed by atoms with Crippen LogP contribution in [0.3, 0.4) is 0 Å². The van der Waals surface area contributed by atoms with Crippen molar-refractivity contribution in [2.24, 2.45) is 10.1 Å². The number of benzene rings is 3. The number of hydrogen-bond acceptors (Lipinski definition) is 4. The molecule has 0 bridgehead atoms. The zero-order chi connectivity index (χ0) is 23.6. The van der Waals surface area contributed by atoms with E-state index in [1.165, 1.54) is 46.7 Å². The fourth-order valence-electron chi connectivity index (χ4n) is 3.48. The van der Waals surface area contributed by atoms with Crippen LogP contribution in [0.2, 0.25) is 0 Å². The van der Waals surface area contributed by atoms with E-state index in [1.807, 2.05) is 0 Å². The van der Waals surface area contributed by atoms with Crippen LogP contribution in [-0.4, -0.2) is 13.0 Å². The number of sulfonamides is 1. The Balaban J connectivity index is 1.72. The van der Waals surface area contributed by atoms with Gasteiger partial charge in [0.25, 0.3) is 0 Å². The molecule has 1 heterocycles. The number of nitrogens with two attached hydrogens (primary N) is 1. The summed E-state index contributed by atoms with van der Waals surface area (Å²) in [6.07, 6.45) is 0.677. The summed E-state index contributed by atoms with van der Waals surface area (Å²) in [7, 11) is -3.72. The first-order valence-corrected chi connectivity index (χ1v) is 12.8. The smallest absolute Gasteiger partial charge is 0.238 e. The Hall–Kier alpha value is -3.07. The van der Waals surface area contributed by atoms with Crippen molar-refractivity contribution in [1.82, 2.24) is 4.57 Å². The Morgan fingerprint density at radius 3 is 2.30 bits per heavy atom. The monoisotopic (exact) mass is 481 g/mol. The van der Waals surface area contributed by atoms with E-state index in [1.54, 1.807) is 24.3 Å². The van der Waals surface area contributed by atoms with E-state index in [4.69, 9.17) is 10.1 Å². The Morgan fingerprint density at radius 2 is 1.67 bits per heavy atom. The Morgan fingerprint density at radius 1 is 0.970 bits per heavy atom. The lowest BCUT2D eigenvalue weighted by Crippen LogP contribution is -2.17. The van der Waals surface area contributed by atoms with Crippen molar-refractivity contribution in [3.05, 3.63) is 99.4 Å². The van der Waals surface area contributed by atoms with Crippen LogP contribution in [0.25, 0.3) is 11.3 Å². The van der Waals surface area contributed by atoms with Gasteiger partial charge < -0.3 is 4.57 Å². The number of thiazole rings is 1. The van der Waals surface area contributed by atoms with Gasteiger partial charge in [0.15, 0.2) is 4.80 Å².